The second kappa shape index (κ2) is 10.9. The number of fused-ring (bicyclic) bond motifs is 1. The first-order valence-corrected chi connectivity index (χ1v) is 13.5. The summed E-state index contributed by atoms with van der Waals surface area (Å²) in [5.74, 6) is -0.413. The van der Waals surface area contributed by atoms with Crippen molar-refractivity contribution in [2.24, 2.45) is 5.73 Å². The Morgan fingerprint density at radius 2 is 1.77 bits per heavy atom. The van der Waals surface area contributed by atoms with Gasteiger partial charge in [-0.15, -0.1) is 0 Å². The highest BCUT2D eigenvalue weighted by Crippen LogP contribution is 2.24. The molecule has 2 saturated heterocycles. The number of aliphatic hydroxyl groups excluding tert-OH is 1. The van der Waals surface area contributed by atoms with Crippen molar-refractivity contribution in [2.45, 2.75) is 48.7 Å². The molecule has 2 heterocycles. The molecule has 2 aromatic rings. The number of piperidine rings is 1. The number of hydrogen-bond acceptors (Lipinski definition) is 6. The van der Waals surface area contributed by atoms with Crippen molar-refractivity contribution in [3.8, 4) is 0 Å². The molecular formula is C24H33N5O5S. The zero-order chi connectivity index (χ0) is 25.0. The maximum Gasteiger partial charge on any atom is 0.312 e. The second-order valence-electron chi connectivity index (χ2n) is 9.24. The predicted octanol–water partition coefficient (Wildman–Crippen LogP) is 0.603. The van der Waals surface area contributed by atoms with Gasteiger partial charge in [-0.2, -0.15) is 4.72 Å². The van der Waals surface area contributed by atoms with E-state index >= 15 is 0 Å². The molecule has 2 aliphatic heterocycles. The molecular weight excluding hydrogens is 470 g/mol. The van der Waals surface area contributed by atoms with Gasteiger partial charge in [-0.25, -0.2) is 13.2 Å². The molecule has 0 aromatic heterocycles. The number of carbonyl (C=O) groups excluding carboxylic acids is 2. The van der Waals surface area contributed by atoms with Gasteiger partial charge in [0.2, 0.25) is 15.9 Å². The van der Waals surface area contributed by atoms with Crippen LogP contribution in [0, 0.1) is 0 Å². The maximum absolute atomic E-state index is 13.3. The van der Waals surface area contributed by atoms with Gasteiger partial charge in [0.05, 0.1) is 11.5 Å². The number of benzene rings is 2. The number of likely N-dealkylation sites (tertiary alicyclic amines) is 2. The summed E-state index contributed by atoms with van der Waals surface area (Å²) in [6.45, 7) is 2.12. The Morgan fingerprint density at radius 1 is 1.06 bits per heavy atom. The lowest BCUT2D eigenvalue weighted by Gasteiger charge is -2.36. The van der Waals surface area contributed by atoms with Crippen molar-refractivity contribution in [1.82, 2.24) is 19.8 Å². The summed E-state index contributed by atoms with van der Waals surface area (Å²) in [5, 5.41) is 14.0. The molecule has 2 aromatic carbocycles. The molecule has 0 radical (unpaired) electrons. The number of amides is 3. The Hall–Kier alpha value is -2.73. The third-order valence-corrected chi connectivity index (χ3v) is 8.41. The van der Waals surface area contributed by atoms with Gasteiger partial charge in [0.25, 0.3) is 0 Å². The monoisotopic (exact) mass is 503 g/mol. The van der Waals surface area contributed by atoms with Crippen LogP contribution in [-0.2, 0) is 14.8 Å². The smallest absolute Gasteiger partial charge is 0.312 e. The van der Waals surface area contributed by atoms with Gasteiger partial charge in [-0.1, -0.05) is 36.4 Å². The van der Waals surface area contributed by atoms with E-state index in [0.717, 1.165) is 44.2 Å². The van der Waals surface area contributed by atoms with E-state index in [9.17, 15) is 23.1 Å². The van der Waals surface area contributed by atoms with Crippen molar-refractivity contribution in [3.63, 3.8) is 0 Å². The number of hydrogen-bond donors (Lipinski definition) is 4. The van der Waals surface area contributed by atoms with Crippen LogP contribution in [0.5, 0.6) is 0 Å². The molecule has 35 heavy (non-hydrogen) atoms. The van der Waals surface area contributed by atoms with Crippen molar-refractivity contribution >= 4 is 32.7 Å². The van der Waals surface area contributed by atoms with Crippen LogP contribution in [0.2, 0.25) is 0 Å². The first kappa shape index (κ1) is 25.4. The number of aliphatic hydroxyl groups is 1. The third kappa shape index (κ3) is 5.92. The Labute approximate surface area is 205 Å². The van der Waals surface area contributed by atoms with Gasteiger partial charge in [0.1, 0.15) is 6.04 Å². The first-order valence-electron chi connectivity index (χ1n) is 12.0. The van der Waals surface area contributed by atoms with Crippen molar-refractivity contribution in [1.29, 1.82) is 0 Å². The van der Waals surface area contributed by atoms with Crippen LogP contribution in [0.25, 0.3) is 10.8 Å². The van der Waals surface area contributed by atoms with Gasteiger partial charge in [-0.05, 0) is 37.1 Å². The number of urea groups is 1. The summed E-state index contributed by atoms with van der Waals surface area (Å²) in [6, 6.07) is 10.3. The minimum Gasteiger partial charge on any atom is -0.394 e. The summed E-state index contributed by atoms with van der Waals surface area (Å²) in [5.41, 5.74) is 5.21. The van der Waals surface area contributed by atoms with Crippen LogP contribution in [-0.4, -0.2) is 86.2 Å². The van der Waals surface area contributed by atoms with E-state index in [-0.39, 0.29) is 17.0 Å². The largest absolute Gasteiger partial charge is 0.394 e. The van der Waals surface area contributed by atoms with Gasteiger partial charge in [0.15, 0.2) is 0 Å². The van der Waals surface area contributed by atoms with Gasteiger partial charge in [0, 0.05) is 43.6 Å². The molecule has 190 valence electrons. The van der Waals surface area contributed by atoms with E-state index in [1.807, 2.05) is 18.2 Å². The number of nitrogens with zero attached hydrogens (tertiary/aromatic N) is 2. The number of carbonyl (C=O) groups is 2. The van der Waals surface area contributed by atoms with Crippen molar-refractivity contribution in [2.75, 3.05) is 32.8 Å². The average Bonchev–Trinajstić information content (AvgIpc) is 3.30. The second-order valence-corrected chi connectivity index (χ2v) is 10.9. The zero-order valence-corrected chi connectivity index (χ0v) is 20.4. The molecule has 11 heteroatoms. The van der Waals surface area contributed by atoms with E-state index in [4.69, 9.17) is 5.73 Å². The lowest BCUT2D eigenvalue weighted by atomic mass is 10.0. The summed E-state index contributed by atoms with van der Waals surface area (Å²) in [4.78, 5) is 28.4. The van der Waals surface area contributed by atoms with E-state index in [0.29, 0.717) is 18.5 Å². The molecule has 2 aliphatic rings. The van der Waals surface area contributed by atoms with Crippen molar-refractivity contribution < 1.29 is 23.1 Å². The fourth-order valence-electron chi connectivity index (χ4n) is 5.12. The zero-order valence-electron chi connectivity index (χ0n) is 19.6. The number of nitrogens with two attached hydrogens (primary N) is 1. The molecule has 0 aliphatic carbocycles. The normalized spacial score (nSPS) is 20.7. The van der Waals surface area contributed by atoms with Crippen LogP contribution >= 0.6 is 0 Å². The molecule has 0 bridgehead atoms. The molecule has 3 amide bonds. The number of nitrogens with one attached hydrogen (secondary N) is 2. The van der Waals surface area contributed by atoms with E-state index < -0.39 is 34.6 Å². The average molecular weight is 504 g/mol. The Balaban J connectivity index is 1.42. The lowest BCUT2D eigenvalue weighted by molar-refractivity contribution is -0.135. The maximum atomic E-state index is 13.3. The number of rotatable bonds is 8. The molecule has 0 saturated carbocycles. The topological polar surface area (TPSA) is 145 Å². The standard InChI is InChI=1S/C24H33N5O5S/c25-24(32)26-18-10-13-28(14-11-18)15-19-7-4-12-29(19)23(31)21(16-30)27-35(33,34)22-9-3-6-17-5-1-2-8-20(17)22/h1-3,5-6,8-9,18-19,21,27,30H,4,7,10-16H2,(H3,25,26,32). The highest BCUT2D eigenvalue weighted by atomic mass is 32.2. The quantitative estimate of drug-likeness (QED) is 0.415. The molecule has 0 spiro atoms. The first-order chi connectivity index (χ1) is 16.8. The number of primary amides is 1. The van der Waals surface area contributed by atoms with Crippen LogP contribution in [0.15, 0.2) is 47.4 Å². The fourth-order valence-corrected chi connectivity index (χ4v) is 6.53. The highest BCUT2D eigenvalue weighted by Gasteiger charge is 2.36. The van der Waals surface area contributed by atoms with E-state index in [2.05, 4.69) is 14.9 Å². The lowest BCUT2D eigenvalue weighted by Crippen LogP contribution is -2.54. The minimum atomic E-state index is -4.05. The third-order valence-electron chi connectivity index (χ3n) is 6.88. The molecule has 2 fully saturated rings. The summed E-state index contributed by atoms with van der Waals surface area (Å²) in [7, 11) is -4.05. The molecule has 5 N–H and O–H groups in total. The fraction of sp³-hybridized carbons (Fsp3) is 0.500. The Kier molecular flexibility index (Phi) is 7.90. The predicted molar refractivity (Wildman–Crippen MR) is 132 cm³/mol. The van der Waals surface area contributed by atoms with Gasteiger partial charge < -0.3 is 26.0 Å². The molecule has 2 unspecified atom stereocenters. The van der Waals surface area contributed by atoms with Gasteiger partial charge >= 0.3 is 6.03 Å². The molecule has 4 rings (SSSR count). The van der Waals surface area contributed by atoms with Crippen LogP contribution < -0.4 is 15.8 Å². The summed E-state index contributed by atoms with van der Waals surface area (Å²) < 4.78 is 28.8. The Bertz CT molecular complexity index is 1160. The minimum absolute atomic E-state index is 0.0562. The van der Waals surface area contributed by atoms with Crippen LogP contribution in [0.3, 0.4) is 0 Å². The number of sulfonamides is 1. The van der Waals surface area contributed by atoms with Crippen LogP contribution in [0.1, 0.15) is 25.7 Å². The highest BCUT2D eigenvalue weighted by molar-refractivity contribution is 7.89. The molecule has 2 atom stereocenters. The Morgan fingerprint density at radius 3 is 2.49 bits per heavy atom. The summed E-state index contributed by atoms with van der Waals surface area (Å²) in [6.07, 6.45) is 3.21. The van der Waals surface area contributed by atoms with Crippen LogP contribution in [0.4, 0.5) is 4.79 Å². The van der Waals surface area contributed by atoms with E-state index in [1.165, 1.54) is 6.07 Å². The van der Waals surface area contributed by atoms with Gasteiger partial charge in [-0.3, -0.25) is 4.79 Å². The summed E-state index contributed by atoms with van der Waals surface area (Å²) >= 11 is 0. The molecule has 10 nitrogen and oxygen atoms in total. The van der Waals surface area contributed by atoms with Crippen molar-refractivity contribution in [3.05, 3.63) is 42.5 Å². The SMILES string of the molecule is NC(=O)NC1CCN(CC2CCCN2C(=O)C(CO)NS(=O)(=O)c2cccc3ccccc23)CC1. The van der Waals surface area contributed by atoms with E-state index in [1.54, 1.807) is 23.1 Å².